The van der Waals surface area contributed by atoms with Crippen molar-refractivity contribution in [3.8, 4) is 11.9 Å². The topological polar surface area (TPSA) is 130 Å². The minimum atomic E-state index is -0.642. The molecule has 10 heteroatoms. The Morgan fingerprint density at radius 3 is 2.68 bits per heavy atom. The van der Waals surface area contributed by atoms with Gasteiger partial charge in [-0.2, -0.15) is 15.0 Å². The van der Waals surface area contributed by atoms with Crippen LogP contribution in [0.5, 0.6) is 0 Å². The summed E-state index contributed by atoms with van der Waals surface area (Å²) < 4.78 is 6.40. The lowest BCUT2D eigenvalue weighted by atomic mass is 10.1. The molecule has 2 aromatic carbocycles. The standard InChI is InChI=1S/C27H22N6O4/c1-2-37-27(36)18-7-10-21(11-8-18)32-16-19(13-24(32)34)26(35)31-25-20(14-28)15-29-33(25)23-12-9-17-5-3-4-6-22(17)30-23/h3-12,15,19H,2,13,16H2,1H3,(H,31,35). The third-order valence-corrected chi connectivity index (χ3v) is 6.12. The van der Waals surface area contributed by atoms with E-state index in [1.807, 2.05) is 36.4 Å². The van der Waals surface area contributed by atoms with Gasteiger partial charge in [-0.3, -0.25) is 9.59 Å². The number of hydrogen-bond donors (Lipinski definition) is 1. The zero-order chi connectivity index (χ0) is 25.9. The predicted octanol–water partition coefficient (Wildman–Crippen LogP) is 3.46. The van der Waals surface area contributed by atoms with Crippen LogP contribution in [0.2, 0.25) is 0 Å². The summed E-state index contributed by atoms with van der Waals surface area (Å²) in [5.74, 6) is -1.06. The summed E-state index contributed by atoms with van der Waals surface area (Å²) in [5, 5.41) is 17.6. The second kappa shape index (κ2) is 9.91. The zero-order valence-corrected chi connectivity index (χ0v) is 19.9. The largest absolute Gasteiger partial charge is 0.462 e. The first-order valence-electron chi connectivity index (χ1n) is 11.7. The Labute approximate surface area is 212 Å². The highest BCUT2D eigenvalue weighted by atomic mass is 16.5. The van der Waals surface area contributed by atoms with Gasteiger partial charge in [0.2, 0.25) is 11.8 Å². The number of nitriles is 1. The number of benzene rings is 2. The van der Waals surface area contributed by atoms with Gasteiger partial charge in [-0.15, -0.1) is 0 Å². The zero-order valence-electron chi connectivity index (χ0n) is 19.9. The molecule has 1 aliphatic rings. The summed E-state index contributed by atoms with van der Waals surface area (Å²) >= 11 is 0. The van der Waals surface area contributed by atoms with Gasteiger partial charge in [-0.25, -0.2) is 9.78 Å². The fourth-order valence-electron chi connectivity index (χ4n) is 4.24. The van der Waals surface area contributed by atoms with Gasteiger partial charge in [-0.05, 0) is 49.4 Å². The predicted molar refractivity (Wildman–Crippen MR) is 135 cm³/mol. The average molecular weight is 495 g/mol. The number of rotatable bonds is 6. The van der Waals surface area contributed by atoms with Crippen LogP contribution in [0, 0.1) is 17.2 Å². The first kappa shape index (κ1) is 23.7. The van der Waals surface area contributed by atoms with E-state index in [0.717, 1.165) is 10.9 Å². The monoisotopic (exact) mass is 494 g/mol. The molecule has 0 bridgehead atoms. The molecule has 0 aliphatic carbocycles. The Morgan fingerprint density at radius 2 is 1.92 bits per heavy atom. The number of hydrogen-bond acceptors (Lipinski definition) is 7. The summed E-state index contributed by atoms with van der Waals surface area (Å²) in [6.07, 6.45) is 1.37. The molecule has 1 atom stereocenters. The van der Waals surface area contributed by atoms with Crippen LogP contribution in [0.25, 0.3) is 16.7 Å². The molecule has 1 aliphatic heterocycles. The van der Waals surface area contributed by atoms with E-state index in [1.165, 1.54) is 15.8 Å². The minimum absolute atomic E-state index is 0.00963. The van der Waals surface area contributed by atoms with Crippen LogP contribution in [0.15, 0.2) is 66.9 Å². The van der Waals surface area contributed by atoms with E-state index in [0.29, 0.717) is 17.1 Å². The molecule has 1 unspecified atom stereocenters. The molecule has 37 heavy (non-hydrogen) atoms. The van der Waals surface area contributed by atoms with Gasteiger partial charge in [0.1, 0.15) is 11.6 Å². The first-order chi connectivity index (χ1) is 18.0. The molecular formula is C27H22N6O4. The molecule has 10 nitrogen and oxygen atoms in total. The van der Waals surface area contributed by atoms with Crippen LogP contribution in [0.3, 0.4) is 0 Å². The summed E-state index contributed by atoms with van der Waals surface area (Å²) in [4.78, 5) is 43.9. The van der Waals surface area contributed by atoms with Crippen molar-refractivity contribution in [2.24, 2.45) is 5.92 Å². The second-order valence-corrected chi connectivity index (χ2v) is 8.45. The van der Waals surface area contributed by atoms with Gasteiger partial charge in [0.15, 0.2) is 11.6 Å². The Kier molecular flexibility index (Phi) is 6.34. The maximum atomic E-state index is 13.2. The summed E-state index contributed by atoms with van der Waals surface area (Å²) in [7, 11) is 0. The van der Waals surface area contributed by atoms with Crippen molar-refractivity contribution < 1.29 is 19.1 Å². The number of ether oxygens (including phenoxy) is 1. The number of pyridine rings is 1. The van der Waals surface area contributed by atoms with Crippen molar-refractivity contribution in [3.63, 3.8) is 0 Å². The van der Waals surface area contributed by atoms with Crippen molar-refractivity contribution in [2.75, 3.05) is 23.4 Å². The highest BCUT2D eigenvalue weighted by molar-refractivity contribution is 6.04. The third-order valence-electron chi connectivity index (χ3n) is 6.12. The highest BCUT2D eigenvalue weighted by Crippen LogP contribution is 2.28. The first-order valence-corrected chi connectivity index (χ1v) is 11.7. The number of nitrogens with zero attached hydrogens (tertiary/aromatic N) is 5. The Balaban J connectivity index is 1.34. The number of carbonyl (C=O) groups is 3. The lowest BCUT2D eigenvalue weighted by Gasteiger charge is -2.17. The number of anilines is 2. The maximum absolute atomic E-state index is 13.2. The van der Waals surface area contributed by atoms with Crippen LogP contribution in [-0.2, 0) is 14.3 Å². The van der Waals surface area contributed by atoms with Crippen LogP contribution in [0.1, 0.15) is 29.3 Å². The number of fused-ring (bicyclic) bond motifs is 1. The molecule has 3 heterocycles. The Hall–Kier alpha value is -5.04. The van der Waals surface area contributed by atoms with E-state index in [-0.39, 0.29) is 36.9 Å². The number of carbonyl (C=O) groups excluding carboxylic acids is 3. The van der Waals surface area contributed by atoms with Crippen molar-refractivity contribution >= 4 is 40.2 Å². The summed E-state index contributed by atoms with van der Waals surface area (Å²) in [5.41, 5.74) is 1.89. The number of esters is 1. The van der Waals surface area contributed by atoms with Crippen molar-refractivity contribution in [3.05, 3.63) is 78.0 Å². The van der Waals surface area contributed by atoms with Crippen LogP contribution in [0.4, 0.5) is 11.5 Å². The van der Waals surface area contributed by atoms with E-state index >= 15 is 0 Å². The van der Waals surface area contributed by atoms with Crippen molar-refractivity contribution in [2.45, 2.75) is 13.3 Å². The summed E-state index contributed by atoms with van der Waals surface area (Å²) in [6.45, 7) is 2.16. The van der Waals surface area contributed by atoms with E-state index in [9.17, 15) is 19.6 Å². The van der Waals surface area contributed by atoms with Gasteiger partial charge < -0.3 is 15.0 Å². The molecular weight excluding hydrogens is 472 g/mol. The minimum Gasteiger partial charge on any atom is -0.462 e. The van der Waals surface area contributed by atoms with E-state index in [4.69, 9.17) is 4.74 Å². The normalized spacial score (nSPS) is 15.0. The molecule has 5 rings (SSSR count). The maximum Gasteiger partial charge on any atom is 0.338 e. The lowest BCUT2D eigenvalue weighted by Crippen LogP contribution is -2.29. The highest BCUT2D eigenvalue weighted by Gasteiger charge is 2.36. The fraction of sp³-hybridized carbons (Fsp3) is 0.185. The Morgan fingerprint density at radius 1 is 1.14 bits per heavy atom. The van der Waals surface area contributed by atoms with Gasteiger partial charge in [0.25, 0.3) is 0 Å². The summed E-state index contributed by atoms with van der Waals surface area (Å²) in [6, 6.07) is 19.8. The van der Waals surface area contributed by atoms with E-state index in [2.05, 4.69) is 15.4 Å². The molecule has 1 N–H and O–H groups in total. The van der Waals surface area contributed by atoms with Gasteiger partial charge in [-0.1, -0.05) is 18.2 Å². The number of nitrogens with one attached hydrogen (secondary N) is 1. The fourth-order valence-corrected chi connectivity index (χ4v) is 4.24. The molecule has 1 saturated heterocycles. The number of amides is 2. The van der Waals surface area contributed by atoms with Gasteiger partial charge in [0.05, 0.1) is 29.8 Å². The number of aromatic nitrogens is 3. The average Bonchev–Trinajstić information content (AvgIpc) is 3.51. The van der Waals surface area contributed by atoms with Gasteiger partial charge >= 0.3 is 5.97 Å². The SMILES string of the molecule is CCOC(=O)c1ccc(N2CC(C(=O)Nc3c(C#N)cnn3-c3ccc4ccccc4n3)CC2=O)cc1. The molecule has 0 spiro atoms. The molecule has 2 aromatic heterocycles. The van der Waals surface area contributed by atoms with Crippen molar-refractivity contribution in [1.82, 2.24) is 14.8 Å². The quantitative estimate of drug-likeness (QED) is 0.406. The molecule has 4 aromatic rings. The molecule has 0 saturated carbocycles. The van der Waals surface area contributed by atoms with Crippen LogP contribution >= 0.6 is 0 Å². The second-order valence-electron chi connectivity index (χ2n) is 8.45. The molecule has 2 amide bonds. The smallest absolute Gasteiger partial charge is 0.338 e. The molecule has 0 radical (unpaired) electrons. The third kappa shape index (κ3) is 4.62. The lowest BCUT2D eigenvalue weighted by molar-refractivity contribution is -0.122. The van der Waals surface area contributed by atoms with E-state index < -0.39 is 17.8 Å². The number of para-hydroxylation sites is 1. The molecule has 1 fully saturated rings. The van der Waals surface area contributed by atoms with Crippen LogP contribution < -0.4 is 10.2 Å². The molecule has 184 valence electrons. The van der Waals surface area contributed by atoms with E-state index in [1.54, 1.807) is 37.3 Å². The Bertz CT molecular complexity index is 1550. The van der Waals surface area contributed by atoms with Crippen molar-refractivity contribution in [1.29, 1.82) is 5.26 Å². The van der Waals surface area contributed by atoms with Crippen LogP contribution in [-0.4, -0.2) is 45.7 Å². The van der Waals surface area contributed by atoms with Gasteiger partial charge in [0, 0.05) is 24.0 Å².